The van der Waals surface area contributed by atoms with E-state index in [4.69, 9.17) is 5.11 Å². The zero-order valence-electron chi connectivity index (χ0n) is 14.2. The minimum absolute atomic E-state index is 0.122. The van der Waals surface area contributed by atoms with Gasteiger partial charge in [0, 0.05) is 24.1 Å². The Morgan fingerprint density at radius 2 is 1.75 bits per heavy atom. The van der Waals surface area contributed by atoms with Gasteiger partial charge in [-0.15, -0.1) is 0 Å². The number of carboxylic acids is 1. The molecule has 0 saturated heterocycles. The first-order valence-corrected chi connectivity index (χ1v) is 7.75. The molecular weight excluding hydrogens is 306 g/mol. The second kappa shape index (κ2) is 6.66. The van der Waals surface area contributed by atoms with Gasteiger partial charge in [0.05, 0.1) is 11.2 Å². The number of carboxylic acid groups (broad SMARTS) is 1. The number of hydrogen-bond donors (Lipinski definition) is 3. The number of aryl methyl sites for hydroxylation is 2. The third-order valence-corrected chi connectivity index (χ3v) is 3.92. The maximum atomic E-state index is 11.2. The number of phenols is 2. The molecule has 0 spiro atoms. The minimum Gasteiger partial charge on any atom is -0.508 e. The number of aromatic hydroxyl groups is 2. The molecule has 0 aliphatic carbocycles. The van der Waals surface area contributed by atoms with Crippen molar-refractivity contribution in [3.8, 4) is 22.8 Å². The molecule has 0 unspecified atom stereocenters. The zero-order chi connectivity index (χ0) is 18.0. The molecule has 2 aromatic carbocycles. The minimum atomic E-state index is -1.17. The van der Waals surface area contributed by atoms with E-state index < -0.39 is 5.97 Å². The summed E-state index contributed by atoms with van der Waals surface area (Å²) in [5, 5.41) is 29.5. The van der Waals surface area contributed by atoms with E-state index in [0.717, 1.165) is 27.7 Å². The van der Waals surface area contributed by atoms with E-state index >= 15 is 0 Å². The lowest BCUT2D eigenvalue weighted by molar-refractivity contribution is 0.0694. The van der Waals surface area contributed by atoms with Crippen LogP contribution in [-0.4, -0.2) is 25.9 Å². The number of aromatic nitrogens is 1. The van der Waals surface area contributed by atoms with E-state index in [-0.39, 0.29) is 17.1 Å². The highest BCUT2D eigenvalue weighted by Crippen LogP contribution is 2.36. The highest BCUT2D eigenvalue weighted by molar-refractivity contribution is 6.00. The lowest BCUT2D eigenvalue weighted by Crippen LogP contribution is -1.97. The second-order valence-electron chi connectivity index (χ2n) is 5.27. The Morgan fingerprint density at radius 1 is 1.08 bits per heavy atom. The number of phenolic OH excluding ortho intramolecular Hbond substituents is 1. The van der Waals surface area contributed by atoms with Crippen molar-refractivity contribution in [3.63, 3.8) is 0 Å². The van der Waals surface area contributed by atoms with Gasteiger partial charge >= 0.3 is 5.97 Å². The first-order chi connectivity index (χ1) is 11.4. The molecule has 3 rings (SSSR count). The molecule has 0 radical (unpaired) electrons. The van der Waals surface area contributed by atoms with Gasteiger partial charge in [0.2, 0.25) is 0 Å². The van der Waals surface area contributed by atoms with Gasteiger partial charge in [0.15, 0.2) is 0 Å². The predicted octanol–water partition coefficient (Wildman–Crippen LogP) is 4.29. The largest absolute Gasteiger partial charge is 0.508 e. The summed E-state index contributed by atoms with van der Waals surface area (Å²) in [6.07, 6.45) is 0. The van der Waals surface area contributed by atoms with E-state index in [1.165, 1.54) is 12.1 Å². The third kappa shape index (κ3) is 2.80. The SMILES string of the molecule is CC.Cc1c(-c2cccc(O)c2)n(C)c2cc(O)c(C(=O)O)cc12. The van der Waals surface area contributed by atoms with E-state index in [0.29, 0.717) is 0 Å². The molecular formula is C19H21NO4. The maximum absolute atomic E-state index is 11.2. The van der Waals surface area contributed by atoms with Crippen LogP contribution in [0.4, 0.5) is 0 Å². The van der Waals surface area contributed by atoms with Crippen molar-refractivity contribution in [2.45, 2.75) is 20.8 Å². The molecule has 5 nitrogen and oxygen atoms in total. The Hall–Kier alpha value is -2.95. The normalized spacial score (nSPS) is 10.3. The van der Waals surface area contributed by atoms with Crippen molar-refractivity contribution in [1.82, 2.24) is 4.57 Å². The van der Waals surface area contributed by atoms with Gasteiger partial charge in [-0.1, -0.05) is 26.0 Å². The maximum Gasteiger partial charge on any atom is 0.339 e. The topological polar surface area (TPSA) is 82.7 Å². The van der Waals surface area contributed by atoms with Crippen LogP contribution in [0.1, 0.15) is 29.8 Å². The van der Waals surface area contributed by atoms with Gasteiger partial charge in [-0.25, -0.2) is 4.79 Å². The Morgan fingerprint density at radius 3 is 2.33 bits per heavy atom. The van der Waals surface area contributed by atoms with Crippen LogP contribution >= 0.6 is 0 Å². The number of nitrogens with zero attached hydrogens (tertiary/aromatic N) is 1. The summed E-state index contributed by atoms with van der Waals surface area (Å²) in [5.74, 6) is -1.26. The van der Waals surface area contributed by atoms with Crippen LogP contribution < -0.4 is 0 Å². The summed E-state index contributed by atoms with van der Waals surface area (Å²) in [6.45, 7) is 5.89. The van der Waals surface area contributed by atoms with Gasteiger partial charge in [-0.3, -0.25) is 0 Å². The van der Waals surface area contributed by atoms with Crippen molar-refractivity contribution in [3.05, 3.63) is 47.5 Å². The van der Waals surface area contributed by atoms with Crippen molar-refractivity contribution in [2.24, 2.45) is 7.05 Å². The number of carbonyl (C=O) groups is 1. The molecule has 0 bridgehead atoms. The fraction of sp³-hybridized carbons (Fsp3) is 0.211. The molecule has 3 N–H and O–H groups in total. The van der Waals surface area contributed by atoms with Crippen LogP contribution in [0.5, 0.6) is 11.5 Å². The molecule has 0 saturated carbocycles. The summed E-state index contributed by atoms with van der Waals surface area (Å²) in [4.78, 5) is 11.2. The van der Waals surface area contributed by atoms with Crippen LogP contribution in [0.2, 0.25) is 0 Å². The third-order valence-electron chi connectivity index (χ3n) is 3.92. The number of benzene rings is 2. The first kappa shape index (κ1) is 17.4. The van der Waals surface area contributed by atoms with Gasteiger partial charge in [-0.05, 0) is 30.7 Å². The Labute approximate surface area is 140 Å². The predicted molar refractivity (Wildman–Crippen MR) is 94.7 cm³/mol. The summed E-state index contributed by atoms with van der Waals surface area (Å²) in [7, 11) is 1.84. The van der Waals surface area contributed by atoms with Crippen molar-refractivity contribution in [1.29, 1.82) is 0 Å². The summed E-state index contributed by atoms with van der Waals surface area (Å²) >= 11 is 0. The zero-order valence-corrected chi connectivity index (χ0v) is 14.2. The summed E-state index contributed by atoms with van der Waals surface area (Å²) in [5.41, 5.74) is 3.20. The lowest BCUT2D eigenvalue weighted by atomic mass is 10.0. The van der Waals surface area contributed by atoms with E-state index in [9.17, 15) is 15.0 Å². The number of aromatic carboxylic acids is 1. The van der Waals surface area contributed by atoms with Gasteiger partial charge in [-0.2, -0.15) is 0 Å². The standard InChI is InChI=1S/C17H15NO4.C2H6/c1-9-12-7-13(17(21)22)15(20)8-14(12)18(2)16(9)10-4-3-5-11(19)6-10;1-2/h3-8,19-20H,1-2H3,(H,21,22);1-2H3. The fourth-order valence-corrected chi connectivity index (χ4v) is 2.89. The van der Waals surface area contributed by atoms with Crippen LogP contribution in [0.25, 0.3) is 22.2 Å². The number of hydrogen-bond acceptors (Lipinski definition) is 3. The molecule has 1 heterocycles. The van der Waals surface area contributed by atoms with E-state index in [2.05, 4.69) is 0 Å². The smallest absolute Gasteiger partial charge is 0.339 e. The highest BCUT2D eigenvalue weighted by Gasteiger charge is 2.18. The fourth-order valence-electron chi connectivity index (χ4n) is 2.89. The number of rotatable bonds is 2. The Bertz CT molecular complexity index is 909. The quantitative estimate of drug-likeness (QED) is 0.656. The molecule has 1 aromatic heterocycles. The van der Waals surface area contributed by atoms with Crippen LogP contribution in [-0.2, 0) is 7.05 Å². The Balaban J connectivity index is 0.00000100. The van der Waals surface area contributed by atoms with E-state index in [1.54, 1.807) is 18.2 Å². The van der Waals surface area contributed by atoms with Gasteiger partial charge < -0.3 is 19.9 Å². The number of fused-ring (bicyclic) bond motifs is 1. The van der Waals surface area contributed by atoms with Crippen molar-refractivity contribution < 1.29 is 20.1 Å². The average molecular weight is 327 g/mol. The summed E-state index contributed by atoms with van der Waals surface area (Å²) < 4.78 is 1.88. The van der Waals surface area contributed by atoms with Crippen molar-refractivity contribution >= 4 is 16.9 Å². The molecule has 24 heavy (non-hydrogen) atoms. The van der Waals surface area contributed by atoms with Crippen LogP contribution in [0.15, 0.2) is 36.4 Å². The first-order valence-electron chi connectivity index (χ1n) is 7.75. The monoisotopic (exact) mass is 327 g/mol. The lowest BCUT2D eigenvalue weighted by Gasteiger charge is -2.06. The molecule has 0 aliphatic rings. The van der Waals surface area contributed by atoms with E-state index in [1.807, 2.05) is 38.5 Å². The molecule has 0 aliphatic heterocycles. The van der Waals surface area contributed by atoms with Crippen LogP contribution in [0, 0.1) is 6.92 Å². The van der Waals surface area contributed by atoms with Crippen molar-refractivity contribution in [2.75, 3.05) is 0 Å². The summed E-state index contributed by atoms with van der Waals surface area (Å²) in [6, 6.07) is 9.81. The van der Waals surface area contributed by atoms with Gasteiger partial charge in [0.25, 0.3) is 0 Å². The molecule has 126 valence electrons. The molecule has 0 amide bonds. The molecule has 5 heteroatoms. The van der Waals surface area contributed by atoms with Gasteiger partial charge in [0.1, 0.15) is 17.1 Å². The molecule has 0 atom stereocenters. The van der Waals surface area contributed by atoms with Crippen LogP contribution in [0.3, 0.4) is 0 Å². The Kier molecular flexibility index (Phi) is 4.83. The highest BCUT2D eigenvalue weighted by atomic mass is 16.4. The average Bonchev–Trinajstić information content (AvgIpc) is 2.79. The molecule has 3 aromatic rings. The molecule has 0 fully saturated rings. The second-order valence-corrected chi connectivity index (χ2v) is 5.27.